The number of thiocyanates is 1. The average molecular weight is 338 g/mol. The molecule has 0 aliphatic heterocycles. The number of aromatic nitrogens is 3. The lowest BCUT2D eigenvalue weighted by molar-refractivity contribution is -0.120. The van der Waals surface area contributed by atoms with Gasteiger partial charge in [-0.2, -0.15) is 15.6 Å². The van der Waals surface area contributed by atoms with Crippen LogP contribution in [0.25, 0.3) is 11.8 Å². The minimum Gasteiger partial charge on any atom is -0.311 e. The fourth-order valence-corrected chi connectivity index (χ4v) is 2.50. The highest BCUT2D eigenvalue weighted by Crippen LogP contribution is 2.23. The highest BCUT2D eigenvalue weighted by atomic mass is 32.2. The molecular formula is C16H14N6OS. The Balaban J connectivity index is 2.32. The normalized spacial score (nSPS) is 11.1. The zero-order valence-corrected chi connectivity index (χ0v) is 13.8. The second-order valence-electron chi connectivity index (χ2n) is 4.74. The Labute approximate surface area is 143 Å². The minimum absolute atomic E-state index is 0.121. The highest BCUT2D eigenvalue weighted by molar-refractivity contribution is 8.03. The van der Waals surface area contributed by atoms with E-state index in [2.05, 4.69) is 16.7 Å². The van der Waals surface area contributed by atoms with Crippen molar-refractivity contribution in [3.05, 3.63) is 43.0 Å². The lowest BCUT2D eigenvalue weighted by atomic mass is 10.1. The van der Waals surface area contributed by atoms with Gasteiger partial charge in [-0.05, 0) is 30.0 Å². The van der Waals surface area contributed by atoms with Crippen LogP contribution in [0, 0.1) is 27.9 Å². The molecule has 0 bridgehead atoms. The largest absolute Gasteiger partial charge is 0.311 e. The Morgan fingerprint density at radius 3 is 2.96 bits per heavy atom. The van der Waals surface area contributed by atoms with E-state index in [4.69, 9.17) is 10.5 Å². The van der Waals surface area contributed by atoms with Crippen LogP contribution in [0.5, 0.6) is 0 Å². The second kappa shape index (κ2) is 7.95. The molecule has 8 heteroatoms. The maximum absolute atomic E-state index is 12.5. The number of nitriles is 2. The van der Waals surface area contributed by atoms with Gasteiger partial charge in [0.1, 0.15) is 17.0 Å². The van der Waals surface area contributed by atoms with Crippen molar-refractivity contribution in [2.45, 2.75) is 0 Å². The number of nitrogens with zero attached hydrogens (tertiary/aromatic N) is 6. The van der Waals surface area contributed by atoms with Gasteiger partial charge in [0.15, 0.2) is 0 Å². The highest BCUT2D eigenvalue weighted by Gasteiger charge is 2.25. The lowest BCUT2D eigenvalue weighted by Gasteiger charge is -2.18. The van der Waals surface area contributed by atoms with Gasteiger partial charge in [-0.15, -0.1) is 0 Å². The van der Waals surface area contributed by atoms with E-state index in [1.807, 2.05) is 17.5 Å². The van der Waals surface area contributed by atoms with Gasteiger partial charge in [0.05, 0.1) is 29.8 Å². The molecule has 2 rings (SSSR count). The standard InChI is InChI=1S/C16H14N6OS/c1-3-14-15(9-22(20-14)13-5-4-6-19-8-13)21(2)16(23)12(7-17)10-24-11-18/h3-6,8-9,12H,1,10H2,2H3. The topological polar surface area (TPSA) is 98.6 Å². The average Bonchev–Trinajstić information content (AvgIpc) is 3.06. The summed E-state index contributed by atoms with van der Waals surface area (Å²) in [6.45, 7) is 3.71. The third-order valence-corrected chi connectivity index (χ3v) is 3.92. The summed E-state index contributed by atoms with van der Waals surface area (Å²) in [5.41, 5.74) is 1.78. The van der Waals surface area contributed by atoms with Gasteiger partial charge < -0.3 is 4.90 Å². The number of pyridine rings is 1. The zero-order chi connectivity index (χ0) is 17.5. The Morgan fingerprint density at radius 1 is 1.58 bits per heavy atom. The molecule has 0 aromatic carbocycles. The van der Waals surface area contributed by atoms with Crippen LogP contribution in [0.15, 0.2) is 37.3 Å². The number of thioether (sulfide) groups is 1. The number of amides is 1. The molecule has 0 fully saturated rings. The summed E-state index contributed by atoms with van der Waals surface area (Å²) >= 11 is 0.880. The first kappa shape index (κ1) is 17.3. The predicted molar refractivity (Wildman–Crippen MR) is 92.0 cm³/mol. The van der Waals surface area contributed by atoms with E-state index in [1.54, 1.807) is 36.4 Å². The van der Waals surface area contributed by atoms with Crippen LogP contribution in [0.4, 0.5) is 5.69 Å². The van der Waals surface area contributed by atoms with Gasteiger partial charge in [-0.1, -0.05) is 6.58 Å². The summed E-state index contributed by atoms with van der Waals surface area (Å²) in [5, 5.41) is 24.0. The number of carbonyl (C=O) groups excluding carboxylic acids is 1. The SMILES string of the molecule is C=Cc1nn(-c2cccnc2)cc1N(C)C(=O)C(C#N)CSC#N. The molecule has 0 N–H and O–H groups in total. The molecule has 0 radical (unpaired) electrons. The Bertz CT molecular complexity index is 817. The molecule has 0 saturated carbocycles. The van der Waals surface area contributed by atoms with E-state index >= 15 is 0 Å². The Morgan fingerprint density at radius 2 is 2.38 bits per heavy atom. The molecule has 0 saturated heterocycles. The summed E-state index contributed by atoms with van der Waals surface area (Å²) in [6.07, 6.45) is 6.52. The lowest BCUT2D eigenvalue weighted by Crippen LogP contribution is -2.33. The van der Waals surface area contributed by atoms with Gasteiger partial charge in [-0.3, -0.25) is 9.78 Å². The minimum atomic E-state index is -0.904. The van der Waals surface area contributed by atoms with E-state index in [1.165, 1.54) is 11.0 Å². The van der Waals surface area contributed by atoms with Crippen molar-refractivity contribution in [3.8, 4) is 17.2 Å². The Kier molecular flexibility index (Phi) is 5.72. The third-order valence-electron chi connectivity index (χ3n) is 3.29. The molecule has 2 heterocycles. The van der Waals surface area contributed by atoms with Crippen molar-refractivity contribution in [3.63, 3.8) is 0 Å². The summed E-state index contributed by atoms with van der Waals surface area (Å²) in [4.78, 5) is 17.9. The first-order chi connectivity index (χ1) is 11.6. The molecule has 2 aromatic rings. The molecule has 120 valence electrons. The van der Waals surface area contributed by atoms with Crippen LogP contribution in [0.1, 0.15) is 5.69 Å². The van der Waals surface area contributed by atoms with Crippen LogP contribution < -0.4 is 4.90 Å². The number of carbonyl (C=O) groups is 1. The molecule has 0 aliphatic carbocycles. The zero-order valence-electron chi connectivity index (χ0n) is 13.0. The van der Waals surface area contributed by atoms with Crippen molar-refractivity contribution in [1.29, 1.82) is 10.5 Å². The van der Waals surface area contributed by atoms with E-state index in [9.17, 15) is 4.79 Å². The van der Waals surface area contributed by atoms with E-state index < -0.39 is 11.8 Å². The first-order valence-electron chi connectivity index (χ1n) is 6.93. The van der Waals surface area contributed by atoms with Crippen LogP contribution in [-0.4, -0.2) is 33.5 Å². The van der Waals surface area contributed by atoms with E-state index in [0.29, 0.717) is 11.4 Å². The van der Waals surface area contributed by atoms with Gasteiger partial charge in [0.2, 0.25) is 5.91 Å². The number of hydrogen-bond donors (Lipinski definition) is 0. The van der Waals surface area contributed by atoms with E-state index in [-0.39, 0.29) is 5.75 Å². The third kappa shape index (κ3) is 3.62. The van der Waals surface area contributed by atoms with E-state index in [0.717, 1.165) is 17.4 Å². The number of anilines is 1. The number of hydrogen-bond acceptors (Lipinski definition) is 6. The van der Waals surface area contributed by atoms with Gasteiger partial charge in [-0.25, -0.2) is 4.68 Å². The van der Waals surface area contributed by atoms with Crippen molar-refractivity contribution in [2.24, 2.45) is 5.92 Å². The van der Waals surface area contributed by atoms with Crippen LogP contribution in [0.2, 0.25) is 0 Å². The smallest absolute Gasteiger partial charge is 0.245 e. The fraction of sp³-hybridized carbons (Fsp3) is 0.188. The molecule has 24 heavy (non-hydrogen) atoms. The molecule has 1 atom stereocenters. The molecule has 0 spiro atoms. The monoisotopic (exact) mass is 338 g/mol. The quantitative estimate of drug-likeness (QED) is 0.749. The predicted octanol–water partition coefficient (Wildman–Crippen LogP) is 2.23. The number of rotatable bonds is 6. The van der Waals surface area contributed by atoms with Crippen molar-refractivity contribution in [1.82, 2.24) is 14.8 Å². The summed E-state index contributed by atoms with van der Waals surface area (Å²) in [6, 6.07) is 5.55. The second-order valence-corrected chi connectivity index (χ2v) is 5.55. The maximum atomic E-state index is 12.5. The van der Waals surface area contributed by atoms with Crippen LogP contribution in [-0.2, 0) is 4.79 Å². The first-order valence-corrected chi connectivity index (χ1v) is 7.91. The molecule has 0 aliphatic rings. The van der Waals surface area contributed by atoms with Crippen molar-refractivity contribution < 1.29 is 4.79 Å². The molecule has 7 nitrogen and oxygen atoms in total. The van der Waals surface area contributed by atoms with Crippen LogP contribution >= 0.6 is 11.8 Å². The van der Waals surface area contributed by atoms with Crippen LogP contribution in [0.3, 0.4) is 0 Å². The maximum Gasteiger partial charge on any atom is 0.245 e. The van der Waals surface area contributed by atoms with Gasteiger partial charge >= 0.3 is 0 Å². The molecule has 2 aromatic heterocycles. The summed E-state index contributed by atoms with van der Waals surface area (Å²) in [5.74, 6) is -1.18. The van der Waals surface area contributed by atoms with Crippen molar-refractivity contribution >= 4 is 29.4 Å². The van der Waals surface area contributed by atoms with Gasteiger partial charge in [0, 0.05) is 19.0 Å². The molecule has 1 unspecified atom stereocenters. The summed E-state index contributed by atoms with van der Waals surface area (Å²) in [7, 11) is 1.57. The molecule has 1 amide bonds. The summed E-state index contributed by atoms with van der Waals surface area (Å²) < 4.78 is 1.59. The van der Waals surface area contributed by atoms with Gasteiger partial charge in [0.25, 0.3) is 0 Å². The van der Waals surface area contributed by atoms with Crippen molar-refractivity contribution in [2.75, 3.05) is 17.7 Å². The Hall–Kier alpha value is -3.10. The fourth-order valence-electron chi connectivity index (χ4n) is 2.04. The molecular weight excluding hydrogens is 324 g/mol.